The van der Waals surface area contributed by atoms with Gasteiger partial charge in [0.05, 0.1) is 6.04 Å². The minimum Gasteiger partial charge on any atom is -0.368 e. The molecule has 1 aliphatic heterocycles. The Morgan fingerprint density at radius 1 is 1.16 bits per heavy atom. The lowest BCUT2D eigenvalue weighted by Crippen LogP contribution is -2.35. The zero-order chi connectivity index (χ0) is 15.1. The smallest absolute Gasteiger partial charge is 0.368 e. The highest BCUT2D eigenvalue weighted by Crippen LogP contribution is 2.69. The number of carbonyl (C=O) groups is 1. The summed E-state index contributed by atoms with van der Waals surface area (Å²) in [5, 5.41) is 11.1. The fourth-order valence-electron chi connectivity index (χ4n) is 1.77. The average Bonchev–Trinajstić information content (AvgIpc) is 2.50. The number of amides is 2. The van der Waals surface area contributed by atoms with Gasteiger partial charge in [0.2, 0.25) is 0 Å². The van der Waals surface area contributed by atoms with Crippen molar-refractivity contribution < 1.29 is 38.6 Å². The summed E-state index contributed by atoms with van der Waals surface area (Å²) in [6.45, 7) is 1.61. The van der Waals surface area contributed by atoms with E-state index in [1.54, 1.807) is 6.92 Å². The summed E-state index contributed by atoms with van der Waals surface area (Å²) in [7, 11) is -10.9. The molecule has 0 spiro atoms. The van der Waals surface area contributed by atoms with Gasteiger partial charge in [-0.3, -0.25) is 9.13 Å². The first-order valence-electron chi connectivity index (χ1n) is 5.29. The standard InChI is InChI=1S/C7H16N2O8P2/c1-4-5(9-6(10)8-4)2-3-7(11,18(12,13)14)19(15,16)17/h4-5,11H,2-3H2,1H3,(H2,8,9,10)(H2,12,13,14)(H2,15,16,17). The maximum Gasteiger partial charge on any atom is 0.369 e. The third-order valence-electron chi connectivity index (χ3n) is 3.00. The van der Waals surface area contributed by atoms with Gasteiger partial charge in [0.25, 0.3) is 5.08 Å². The minimum atomic E-state index is -5.44. The topological polar surface area (TPSA) is 176 Å². The van der Waals surface area contributed by atoms with Crippen LogP contribution in [0.1, 0.15) is 19.8 Å². The van der Waals surface area contributed by atoms with Crippen LogP contribution in [0.2, 0.25) is 0 Å². The van der Waals surface area contributed by atoms with Gasteiger partial charge < -0.3 is 35.3 Å². The first-order chi connectivity index (χ1) is 8.38. The molecule has 2 unspecified atom stereocenters. The Hall–Kier alpha value is -0.470. The van der Waals surface area contributed by atoms with E-state index in [4.69, 9.17) is 19.6 Å². The van der Waals surface area contributed by atoms with Crippen LogP contribution in [0.4, 0.5) is 4.79 Å². The molecule has 1 fully saturated rings. The van der Waals surface area contributed by atoms with Crippen LogP contribution in [-0.4, -0.2) is 47.9 Å². The first-order valence-corrected chi connectivity index (χ1v) is 8.51. The zero-order valence-corrected chi connectivity index (χ0v) is 11.7. The molecule has 112 valence electrons. The number of hydrogen-bond acceptors (Lipinski definition) is 4. The van der Waals surface area contributed by atoms with Crippen molar-refractivity contribution in [3.05, 3.63) is 0 Å². The number of hydrogen-bond donors (Lipinski definition) is 7. The molecule has 2 amide bonds. The van der Waals surface area contributed by atoms with E-state index in [9.17, 15) is 19.0 Å². The van der Waals surface area contributed by atoms with Gasteiger partial charge in [0.1, 0.15) is 0 Å². The van der Waals surface area contributed by atoms with E-state index >= 15 is 0 Å². The Morgan fingerprint density at radius 2 is 1.63 bits per heavy atom. The Balaban J connectivity index is 2.85. The van der Waals surface area contributed by atoms with Crippen LogP contribution in [0.15, 0.2) is 0 Å². The summed E-state index contributed by atoms with van der Waals surface area (Å²) in [4.78, 5) is 46.7. The van der Waals surface area contributed by atoms with Crippen LogP contribution in [0.25, 0.3) is 0 Å². The van der Waals surface area contributed by atoms with Crippen LogP contribution >= 0.6 is 15.2 Å². The molecule has 10 nitrogen and oxygen atoms in total. The van der Waals surface area contributed by atoms with Crippen molar-refractivity contribution >= 4 is 21.2 Å². The molecule has 12 heteroatoms. The second-order valence-electron chi connectivity index (χ2n) is 4.41. The van der Waals surface area contributed by atoms with E-state index in [0.717, 1.165) is 0 Å². The molecule has 1 rings (SSSR count). The van der Waals surface area contributed by atoms with Gasteiger partial charge in [-0.25, -0.2) is 4.79 Å². The van der Waals surface area contributed by atoms with Crippen molar-refractivity contribution in [2.45, 2.75) is 36.9 Å². The second-order valence-corrected chi connectivity index (χ2v) is 8.42. The van der Waals surface area contributed by atoms with Gasteiger partial charge in [-0.2, -0.15) is 0 Å². The lowest BCUT2D eigenvalue weighted by atomic mass is 10.1. The quantitative estimate of drug-likeness (QED) is 0.310. The molecule has 0 aromatic carbocycles. The minimum absolute atomic E-state index is 0.202. The van der Waals surface area contributed by atoms with E-state index in [0.29, 0.717) is 0 Å². The summed E-state index contributed by atoms with van der Waals surface area (Å²) < 4.78 is 22.2. The average molecular weight is 318 g/mol. The largest absolute Gasteiger partial charge is 0.369 e. The molecular formula is C7H16N2O8P2. The fraction of sp³-hybridized carbons (Fsp3) is 0.857. The SMILES string of the molecule is CC1NC(=O)NC1CCC(O)(P(=O)(O)O)P(=O)(O)O. The normalized spacial score (nSPS) is 25.1. The molecule has 0 aromatic rings. The predicted octanol–water partition coefficient (Wildman–Crippen LogP) is -1.16. The Kier molecular flexibility index (Phi) is 4.49. The molecule has 0 saturated carbocycles. The van der Waals surface area contributed by atoms with Crippen molar-refractivity contribution in [3.63, 3.8) is 0 Å². The van der Waals surface area contributed by atoms with Crippen molar-refractivity contribution in [1.29, 1.82) is 0 Å². The maximum absolute atomic E-state index is 11.1. The summed E-state index contributed by atoms with van der Waals surface area (Å²) in [6.07, 6.45) is -1.05. The van der Waals surface area contributed by atoms with Crippen LogP contribution < -0.4 is 10.6 Å². The number of aliphatic hydroxyl groups is 1. The van der Waals surface area contributed by atoms with E-state index in [1.807, 2.05) is 0 Å². The lowest BCUT2D eigenvalue weighted by Gasteiger charge is -2.30. The summed E-state index contributed by atoms with van der Waals surface area (Å²) in [5.41, 5.74) is 0. The molecule has 0 aliphatic carbocycles. The van der Waals surface area contributed by atoms with E-state index in [1.165, 1.54) is 0 Å². The van der Waals surface area contributed by atoms with Crippen molar-refractivity contribution in [1.82, 2.24) is 10.6 Å². The number of carbonyl (C=O) groups excluding carboxylic acids is 1. The molecule has 0 bridgehead atoms. The van der Waals surface area contributed by atoms with Gasteiger partial charge in [-0.05, 0) is 13.3 Å². The zero-order valence-electron chi connectivity index (χ0n) is 9.92. The van der Waals surface area contributed by atoms with Crippen molar-refractivity contribution in [2.75, 3.05) is 0 Å². The third kappa shape index (κ3) is 3.35. The van der Waals surface area contributed by atoms with Gasteiger partial charge >= 0.3 is 21.2 Å². The van der Waals surface area contributed by atoms with Crippen LogP contribution in [0.5, 0.6) is 0 Å². The highest BCUT2D eigenvalue weighted by molar-refractivity contribution is 7.72. The number of nitrogens with one attached hydrogen (secondary N) is 2. The van der Waals surface area contributed by atoms with Crippen molar-refractivity contribution in [2.24, 2.45) is 0 Å². The monoisotopic (exact) mass is 318 g/mol. The maximum atomic E-state index is 11.1. The van der Waals surface area contributed by atoms with Gasteiger partial charge in [0, 0.05) is 12.5 Å². The Bertz CT molecular complexity index is 434. The second kappa shape index (κ2) is 5.14. The number of rotatable bonds is 5. The van der Waals surface area contributed by atoms with E-state index in [2.05, 4.69) is 10.6 Å². The highest BCUT2D eigenvalue weighted by atomic mass is 31.2. The molecule has 1 saturated heterocycles. The Morgan fingerprint density at radius 3 is 1.95 bits per heavy atom. The Labute approximate surface area is 108 Å². The summed E-state index contributed by atoms with van der Waals surface area (Å²) in [6, 6.07) is -1.46. The number of urea groups is 1. The van der Waals surface area contributed by atoms with Crippen LogP contribution in [-0.2, 0) is 9.13 Å². The highest BCUT2D eigenvalue weighted by Gasteiger charge is 2.59. The molecule has 19 heavy (non-hydrogen) atoms. The fourth-order valence-corrected chi connectivity index (χ4v) is 3.97. The summed E-state index contributed by atoms with van der Waals surface area (Å²) >= 11 is 0. The molecule has 7 N–H and O–H groups in total. The van der Waals surface area contributed by atoms with E-state index in [-0.39, 0.29) is 12.5 Å². The molecule has 0 radical (unpaired) electrons. The van der Waals surface area contributed by atoms with Crippen molar-refractivity contribution in [3.8, 4) is 0 Å². The third-order valence-corrected chi connectivity index (χ3v) is 6.88. The predicted molar refractivity (Wildman–Crippen MR) is 63.2 cm³/mol. The molecule has 1 aliphatic rings. The molecule has 1 heterocycles. The molecule has 0 aromatic heterocycles. The van der Waals surface area contributed by atoms with Gasteiger partial charge in [-0.1, -0.05) is 0 Å². The van der Waals surface area contributed by atoms with Crippen LogP contribution in [0, 0.1) is 0 Å². The lowest BCUT2D eigenvalue weighted by molar-refractivity contribution is 0.118. The van der Waals surface area contributed by atoms with Gasteiger partial charge in [0.15, 0.2) is 0 Å². The molecular weight excluding hydrogens is 302 g/mol. The van der Waals surface area contributed by atoms with E-state index < -0.39 is 38.8 Å². The first kappa shape index (κ1) is 16.6. The summed E-state index contributed by atoms with van der Waals surface area (Å²) in [5.74, 6) is 0. The van der Waals surface area contributed by atoms with Gasteiger partial charge in [-0.15, -0.1) is 0 Å². The van der Waals surface area contributed by atoms with Crippen LogP contribution in [0.3, 0.4) is 0 Å². The molecule has 2 atom stereocenters.